The van der Waals surface area contributed by atoms with Crippen LogP contribution in [0.25, 0.3) is 22.1 Å². The molecule has 0 spiro atoms. The monoisotopic (exact) mass is 314 g/mol. The summed E-state index contributed by atoms with van der Waals surface area (Å²) in [5.41, 5.74) is 1.38. The number of rotatable bonds is 1. The lowest BCUT2D eigenvalue weighted by molar-refractivity contribution is 0.581. The number of benzene rings is 2. The minimum absolute atomic E-state index is 0.173. The van der Waals surface area contributed by atoms with E-state index in [1.54, 1.807) is 0 Å². The fraction of sp³-hybridized carbons (Fsp3) is 0. The van der Waals surface area contributed by atoms with Crippen molar-refractivity contribution in [2.45, 2.75) is 0 Å². The summed E-state index contributed by atoms with van der Waals surface area (Å²) in [6.45, 7) is 0. The zero-order valence-corrected chi connectivity index (χ0v) is 11.9. The molecule has 0 aliphatic carbocycles. The van der Waals surface area contributed by atoms with E-state index in [9.17, 15) is 13.6 Å². The molecule has 108 valence electrons. The van der Waals surface area contributed by atoms with E-state index in [1.807, 2.05) is 24.3 Å². The molecule has 0 atom stereocenters. The molecule has 0 saturated heterocycles. The molecule has 0 bridgehead atoms. The predicted molar refractivity (Wildman–Crippen MR) is 82.0 cm³/mol. The first kappa shape index (κ1) is 13.1. The minimum Gasteiger partial charge on any atom is -0.267 e. The Kier molecular flexibility index (Phi) is 2.80. The van der Waals surface area contributed by atoms with Gasteiger partial charge in [-0.15, -0.1) is 0 Å². The second kappa shape index (κ2) is 4.71. The lowest BCUT2D eigenvalue weighted by Crippen LogP contribution is -2.22. The second-order valence-electron chi connectivity index (χ2n) is 4.80. The number of fused-ring (bicyclic) bond motifs is 3. The summed E-state index contributed by atoms with van der Waals surface area (Å²) in [7, 11) is 0. The highest BCUT2D eigenvalue weighted by atomic mass is 32.1. The maximum absolute atomic E-state index is 13.7. The normalized spacial score (nSPS) is 12.5. The summed E-state index contributed by atoms with van der Waals surface area (Å²) < 4.78 is 28.5. The van der Waals surface area contributed by atoms with E-state index in [0.717, 1.165) is 23.2 Å². The van der Waals surface area contributed by atoms with Crippen molar-refractivity contribution in [3.8, 4) is 0 Å². The van der Waals surface area contributed by atoms with E-state index >= 15 is 0 Å². The van der Waals surface area contributed by atoms with Crippen LogP contribution in [0.15, 0.2) is 47.3 Å². The van der Waals surface area contributed by atoms with Gasteiger partial charge in [0.1, 0.15) is 11.6 Å². The van der Waals surface area contributed by atoms with Gasteiger partial charge in [0.15, 0.2) is 4.96 Å². The van der Waals surface area contributed by atoms with Crippen LogP contribution in [0.5, 0.6) is 0 Å². The number of para-hydroxylation sites is 2. The Morgan fingerprint density at radius 1 is 1.14 bits per heavy atom. The summed E-state index contributed by atoms with van der Waals surface area (Å²) in [6, 6.07) is 10.6. The molecular formula is C16H8F2N2OS. The van der Waals surface area contributed by atoms with Gasteiger partial charge in [-0.1, -0.05) is 23.5 Å². The molecule has 4 rings (SSSR count). The zero-order chi connectivity index (χ0) is 15.3. The summed E-state index contributed by atoms with van der Waals surface area (Å²) in [5, 5.41) is 0. The molecule has 0 radical (unpaired) electrons. The molecule has 3 nitrogen and oxygen atoms in total. The quantitative estimate of drug-likeness (QED) is 0.541. The highest BCUT2D eigenvalue weighted by molar-refractivity contribution is 7.15. The van der Waals surface area contributed by atoms with Crippen LogP contribution in [0.3, 0.4) is 0 Å². The highest BCUT2D eigenvalue weighted by Crippen LogP contribution is 2.16. The molecule has 0 unspecified atom stereocenters. The van der Waals surface area contributed by atoms with Crippen molar-refractivity contribution in [2.24, 2.45) is 0 Å². The number of hydrogen-bond donors (Lipinski definition) is 0. The van der Waals surface area contributed by atoms with E-state index in [1.165, 1.54) is 27.9 Å². The predicted octanol–water partition coefficient (Wildman–Crippen LogP) is 2.74. The van der Waals surface area contributed by atoms with Crippen LogP contribution in [0.2, 0.25) is 0 Å². The number of thiazole rings is 1. The third kappa shape index (κ3) is 1.92. The third-order valence-corrected chi connectivity index (χ3v) is 4.36. The topological polar surface area (TPSA) is 34.4 Å². The van der Waals surface area contributed by atoms with Gasteiger partial charge in [-0.05, 0) is 30.3 Å². The first-order valence-corrected chi connectivity index (χ1v) is 7.32. The Morgan fingerprint density at radius 3 is 2.77 bits per heavy atom. The summed E-state index contributed by atoms with van der Waals surface area (Å²) >= 11 is 1.18. The fourth-order valence-corrected chi connectivity index (χ4v) is 3.35. The number of imidazole rings is 1. The maximum Gasteiger partial charge on any atom is 0.274 e. The van der Waals surface area contributed by atoms with E-state index < -0.39 is 11.6 Å². The molecule has 0 N–H and O–H groups in total. The van der Waals surface area contributed by atoms with Crippen molar-refractivity contribution < 1.29 is 8.78 Å². The van der Waals surface area contributed by atoms with E-state index in [-0.39, 0.29) is 11.1 Å². The molecular weight excluding hydrogens is 306 g/mol. The van der Waals surface area contributed by atoms with Crippen molar-refractivity contribution in [3.63, 3.8) is 0 Å². The van der Waals surface area contributed by atoms with Gasteiger partial charge < -0.3 is 0 Å². The van der Waals surface area contributed by atoms with Crippen molar-refractivity contribution in [1.82, 2.24) is 9.38 Å². The first-order chi connectivity index (χ1) is 10.6. The van der Waals surface area contributed by atoms with Crippen molar-refractivity contribution >= 4 is 33.4 Å². The van der Waals surface area contributed by atoms with Gasteiger partial charge >= 0.3 is 0 Å². The standard InChI is InChI=1S/C16H8F2N2OS/c17-10-6-5-9(11(18)8-10)7-14-15(21)20-13-4-2-1-3-12(13)19-16(20)22-14/h1-8H/b14-7-. The smallest absolute Gasteiger partial charge is 0.267 e. The van der Waals surface area contributed by atoms with Gasteiger partial charge in [0.2, 0.25) is 0 Å². The highest BCUT2D eigenvalue weighted by Gasteiger charge is 2.11. The molecule has 0 saturated carbocycles. The number of aromatic nitrogens is 2. The Bertz CT molecular complexity index is 1130. The number of nitrogens with zero attached hydrogens (tertiary/aromatic N) is 2. The zero-order valence-electron chi connectivity index (χ0n) is 11.1. The summed E-state index contributed by atoms with van der Waals surface area (Å²) in [5.74, 6) is -1.35. The van der Waals surface area contributed by atoms with E-state index in [2.05, 4.69) is 4.98 Å². The lowest BCUT2D eigenvalue weighted by atomic mass is 10.2. The van der Waals surface area contributed by atoms with Crippen LogP contribution >= 0.6 is 11.3 Å². The van der Waals surface area contributed by atoms with Gasteiger partial charge in [-0.2, -0.15) is 0 Å². The van der Waals surface area contributed by atoms with Gasteiger partial charge in [0, 0.05) is 11.6 Å². The van der Waals surface area contributed by atoms with Crippen LogP contribution in [0.4, 0.5) is 8.78 Å². The van der Waals surface area contributed by atoms with Crippen molar-refractivity contribution in [1.29, 1.82) is 0 Å². The second-order valence-corrected chi connectivity index (χ2v) is 5.81. The number of hydrogen-bond acceptors (Lipinski definition) is 3. The Balaban J connectivity index is 2.01. The van der Waals surface area contributed by atoms with Gasteiger partial charge in [-0.3, -0.25) is 4.79 Å². The van der Waals surface area contributed by atoms with E-state index in [0.29, 0.717) is 9.49 Å². The van der Waals surface area contributed by atoms with Crippen LogP contribution in [-0.4, -0.2) is 9.38 Å². The minimum atomic E-state index is -0.699. The first-order valence-electron chi connectivity index (χ1n) is 6.50. The average molecular weight is 314 g/mol. The Labute approximate surface area is 126 Å². The average Bonchev–Trinajstić information content (AvgIpc) is 2.99. The molecule has 4 aromatic rings. The van der Waals surface area contributed by atoms with Crippen molar-refractivity contribution in [3.05, 3.63) is 74.5 Å². The molecule has 2 aromatic heterocycles. The molecule has 0 aliphatic rings. The fourth-order valence-electron chi connectivity index (χ4n) is 2.37. The van der Waals surface area contributed by atoms with Gasteiger partial charge in [0.25, 0.3) is 5.56 Å². The SMILES string of the molecule is O=c1/c(=C/c2ccc(F)cc2F)sc2nc3ccccc3n12. The molecule has 22 heavy (non-hydrogen) atoms. The van der Waals surface area contributed by atoms with Gasteiger partial charge in [0.05, 0.1) is 15.6 Å². The maximum atomic E-state index is 13.7. The number of halogens is 2. The van der Waals surface area contributed by atoms with Crippen LogP contribution < -0.4 is 10.1 Å². The summed E-state index contributed by atoms with van der Waals surface area (Å²) in [6.07, 6.45) is 1.42. The van der Waals surface area contributed by atoms with Crippen LogP contribution in [0.1, 0.15) is 5.56 Å². The molecule has 6 heteroatoms. The lowest BCUT2D eigenvalue weighted by Gasteiger charge is -1.95. The molecule has 2 aromatic carbocycles. The van der Waals surface area contributed by atoms with Crippen molar-refractivity contribution in [2.75, 3.05) is 0 Å². The van der Waals surface area contributed by atoms with Gasteiger partial charge in [-0.25, -0.2) is 18.2 Å². The van der Waals surface area contributed by atoms with E-state index in [4.69, 9.17) is 0 Å². The van der Waals surface area contributed by atoms with Crippen LogP contribution in [-0.2, 0) is 0 Å². The Hall–Kier alpha value is -2.60. The Morgan fingerprint density at radius 2 is 1.95 bits per heavy atom. The molecule has 0 aliphatic heterocycles. The largest absolute Gasteiger partial charge is 0.274 e. The third-order valence-electron chi connectivity index (χ3n) is 3.39. The molecule has 0 fully saturated rings. The summed E-state index contributed by atoms with van der Waals surface area (Å²) in [4.78, 5) is 17.4. The van der Waals surface area contributed by atoms with Crippen LogP contribution in [0, 0.1) is 11.6 Å². The molecule has 2 heterocycles. The molecule has 0 amide bonds.